The van der Waals surface area contributed by atoms with E-state index in [0.29, 0.717) is 11.1 Å². The fourth-order valence-electron chi connectivity index (χ4n) is 6.13. The molecule has 0 bridgehead atoms. The Labute approximate surface area is 318 Å². The van der Waals surface area contributed by atoms with Crippen molar-refractivity contribution in [3.05, 3.63) is 59.7 Å². The van der Waals surface area contributed by atoms with Gasteiger partial charge < -0.3 is 94.4 Å². The lowest BCUT2D eigenvalue weighted by molar-refractivity contribution is -0.376. The van der Waals surface area contributed by atoms with Crippen LogP contribution in [0.2, 0.25) is 0 Å². The molecule has 3 fully saturated rings. The minimum absolute atomic E-state index is 0.226. The highest BCUT2D eigenvalue weighted by molar-refractivity contribution is 5.87. The first-order chi connectivity index (χ1) is 26.6. The molecule has 2 aromatic carbocycles. The summed E-state index contributed by atoms with van der Waals surface area (Å²) in [5, 5.41) is 123. The number of hydrogen-bond donors (Lipinski definition) is 12. The zero-order valence-corrected chi connectivity index (χ0v) is 29.7. The van der Waals surface area contributed by atoms with Gasteiger partial charge in [-0.05, 0) is 48.4 Å². The topological polar surface area (TPSA) is 324 Å². The maximum atomic E-state index is 12.6. The molecule has 5 rings (SSSR count). The zero-order chi connectivity index (χ0) is 40.8. The molecule has 0 radical (unpaired) electrons. The first-order valence-electron chi connectivity index (χ1n) is 17.4. The summed E-state index contributed by atoms with van der Waals surface area (Å²) in [6.07, 6.45) is -19.4. The molecule has 20 heteroatoms. The Morgan fingerprint density at radius 3 is 1.84 bits per heavy atom. The Bertz CT molecular complexity index is 1670. The van der Waals surface area contributed by atoms with Crippen LogP contribution >= 0.6 is 0 Å². The van der Waals surface area contributed by atoms with E-state index in [-0.39, 0.29) is 23.9 Å². The molecule has 0 amide bonds. The summed E-state index contributed by atoms with van der Waals surface area (Å²) >= 11 is 0. The monoisotopic (exact) mass is 798 g/mol. The fraction of sp³-hybridized carbons (Fsp3) is 0.528. The summed E-state index contributed by atoms with van der Waals surface area (Å²) in [5.74, 6) is -2.38. The third-order valence-electron chi connectivity index (χ3n) is 9.32. The van der Waals surface area contributed by atoms with Gasteiger partial charge in [-0.2, -0.15) is 0 Å². The highest BCUT2D eigenvalue weighted by Gasteiger charge is 2.53. The van der Waals surface area contributed by atoms with Crippen LogP contribution in [0.1, 0.15) is 18.1 Å². The van der Waals surface area contributed by atoms with Gasteiger partial charge in [-0.25, -0.2) is 4.79 Å². The second-order valence-electron chi connectivity index (χ2n) is 13.3. The SMILES string of the molecule is C[C@@H]1O[C@@H](O[C@@H]2[C@@H](O)[C@H](OCC=Cc3ccc(O)c(O)c3)O[C@H](COC(=O)C=Cc3ccc(O)c(O)c3)[C@H]2O)[C@H](O)[C@H](O)[C@H]1O[C@@H]1O[C@H](CO)[C@@H](O)[C@H](O)[C@H]1O. The molecule has 0 aromatic heterocycles. The zero-order valence-electron chi connectivity index (χ0n) is 29.7. The molecule has 2 aromatic rings. The second-order valence-corrected chi connectivity index (χ2v) is 13.3. The van der Waals surface area contributed by atoms with E-state index in [1.165, 1.54) is 61.5 Å². The van der Waals surface area contributed by atoms with Gasteiger partial charge in [-0.3, -0.25) is 0 Å². The van der Waals surface area contributed by atoms with Crippen molar-refractivity contribution in [3.8, 4) is 23.0 Å². The Hall–Kier alpha value is -3.97. The van der Waals surface area contributed by atoms with E-state index in [0.717, 1.165) is 6.08 Å². The van der Waals surface area contributed by atoms with Gasteiger partial charge in [0.2, 0.25) is 0 Å². The van der Waals surface area contributed by atoms with Crippen LogP contribution in [0.25, 0.3) is 12.2 Å². The number of aliphatic hydroxyl groups is 8. The van der Waals surface area contributed by atoms with Gasteiger partial charge in [0.1, 0.15) is 73.8 Å². The van der Waals surface area contributed by atoms with Crippen molar-refractivity contribution < 1.29 is 99.2 Å². The normalized spacial score (nSPS) is 36.6. The molecule has 15 atom stereocenters. The molecule has 0 spiro atoms. The predicted molar refractivity (Wildman–Crippen MR) is 185 cm³/mol. The lowest BCUT2D eigenvalue weighted by atomic mass is 9.96. The molecule has 0 unspecified atom stereocenters. The Morgan fingerprint density at radius 1 is 0.643 bits per heavy atom. The van der Waals surface area contributed by atoms with Crippen LogP contribution < -0.4 is 0 Å². The lowest BCUT2D eigenvalue weighted by Crippen LogP contribution is -2.66. The molecular weight excluding hydrogens is 752 g/mol. The van der Waals surface area contributed by atoms with E-state index in [9.17, 15) is 66.1 Å². The van der Waals surface area contributed by atoms with E-state index in [2.05, 4.69) is 0 Å². The number of benzene rings is 2. The number of hydrogen-bond acceptors (Lipinski definition) is 20. The second kappa shape index (κ2) is 19.0. The summed E-state index contributed by atoms with van der Waals surface area (Å²) in [6, 6.07) is 7.88. The third-order valence-corrected chi connectivity index (χ3v) is 9.32. The number of aliphatic hydroxyl groups excluding tert-OH is 8. The molecule has 56 heavy (non-hydrogen) atoms. The average molecular weight is 799 g/mol. The summed E-state index contributed by atoms with van der Waals surface area (Å²) < 4.78 is 39.2. The van der Waals surface area contributed by atoms with Gasteiger partial charge in [0, 0.05) is 6.08 Å². The first kappa shape index (κ1) is 43.2. The average Bonchev–Trinajstić information content (AvgIpc) is 3.17. The van der Waals surface area contributed by atoms with Crippen molar-refractivity contribution in [3.63, 3.8) is 0 Å². The maximum Gasteiger partial charge on any atom is 0.330 e. The maximum absolute atomic E-state index is 12.6. The highest BCUT2D eigenvalue weighted by Crippen LogP contribution is 2.33. The smallest absolute Gasteiger partial charge is 0.330 e. The van der Waals surface area contributed by atoms with E-state index >= 15 is 0 Å². The summed E-state index contributed by atoms with van der Waals surface area (Å²) in [6.45, 7) is -0.207. The number of rotatable bonds is 13. The molecule has 3 saturated heterocycles. The minimum atomic E-state index is -1.94. The Balaban J connectivity index is 1.27. The van der Waals surface area contributed by atoms with Crippen molar-refractivity contribution >= 4 is 18.1 Å². The van der Waals surface area contributed by atoms with Gasteiger partial charge in [-0.1, -0.05) is 24.3 Å². The van der Waals surface area contributed by atoms with E-state index in [1.54, 1.807) is 0 Å². The summed E-state index contributed by atoms with van der Waals surface area (Å²) in [5.41, 5.74) is 0.825. The van der Waals surface area contributed by atoms with Crippen LogP contribution in [0.5, 0.6) is 23.0 Å². The van der Waals surface area contributed by atoms with Crippen LogP contribution in [0.15, 0.2) is 48.6 Å². The largest absolute Gasteiger partial charge is 0.504 e. The molecule has 3 aliphatic rings. The molecular formula is C36H46O20. The third kappa shape index (κ3) is 10.1. The Kier molecular flexibility index (Phi) is 14.6. The summed E-state index contributed by atoms with van der Waals surface area (Å²) in [4.78, 5) is 12.6. The van der Waals surface area contributed by atoms with Gasteiger partial charge >= 0.3 is 5.97 Å². The van der Waals surface area contributed by atoms with E-state index in [1.807, 2.05) is 0 Å². The van der Waals surface area contributed by atoms with Crippen LogP contribution in [0.3, 0.4) is 0 Å². The molecule has 12 N–H and O–H groups in total. The van der Waals surface area contributed by atoms with Crippen molar-refractivity contribution in [2.24, 2.45) is 0 Å². The van der Waals surface area contributed by atoms with Crippen molar-refractivity contribution in [1.29, 1.82) is 0 Å². The number of esters is 1. The van der Waals surface area contributed by atoms with Crippen molar-refractivity contribution in [2.75, 3.05) is 19.8 Å². The predicted octanol–water partition coefficient (Wildman–Crippen LogP) is -2.72. The molecule has 0 aliphatic carbocycles. The Morgan fingerprint density at radius 2 is 1.21 bits per heavy atom. The van der Waals surface area contributed by atoms with E-state index in [4.69, 9.17) is 33.2 Å². The number of phenolic OH excluding ortho intramolecular Hbond substituents is 4. The standard InChI is InChI=1S/C36H46O20/c1-15-32(55-36-29(47)27(45)25(43)22(13-37)53-36)28(46)30(48)35(52-15)56-33-26(44)23(14-51-24(42)9-6-17-5-8-19(39)21(41)12-17)54-34(31(33)49)50-10-2-3-16-4-7-18(38)20(40)11-16/h2-9,11-12,15,22-23,25-41,43-49H,10,13-14H2,1H3/t15-,22+,23+,25+,26+,27-,28-,29+,30+,31+,32-,33-,34+,35-,36-/m0/s1. The first-order valence-corrected chi connectivity index (χ1v) is 17.4. The van der Waals surface area contributed by atoms with Crippen LogP contribution in [0, 0.1) is 0 Å². The fourth-order valence-corrected chi connectivity index (χ4v) is 6.13. The van der Waals surface area contributed by atoms with Crippen molar-refractivity contribution in [1.82, 2.24) is 0 Å². The number of phenols is 4. The quantitative estimate of drug-likeness (QED) is 0.0556. The number of carbonyl (C=O) groups is 1. The molecule has 3 heterocycles. The highest BCUT2D eigenvalue weighted by atomic mass is 16.8. The molecule has 3 aliphatic heterocycles. The van der Waals surface area contributed by atoms with Crippen molar-refractivity contribution in [2.45, 2.75) is 99.0 Å². The lowest BCUT2D eigenvalue weighted by Gasteiger charge is -2.47. The van der Waals surface area contributed by atoms with Gasteiger partial charge in [-0.15, -0.1) is 0 Å². The molecule has 20 nitrogen and oxygen atoms in total. The van der Waals surface area contributed by atoms with E-state index < -0.39 is 117 Å². The van der Waals surface area contributed by atoms with Gasteiger partial charge in [0.25, 0.3) is 0 Å². The van der Waals surface area contributed by atoms with Crippen LogP contribution in [-0.2, 0) is 38.0 Å². The van der Waals surface area contributed by atoms with Gasteiger partial charge in [0.05, 0.1) is 19.3 Å². The molecule has 310 valence electrons. The number of aromatic hydroxyl groups is 4. The number of carbonyl (C=O) groups excluding carboxylic acids is 1. The molecule has 0 saturated carbocycles. The van der Waals surface area contributed by atoms with Crippen LogP contribution in [-0.4, -0.2) is 179 Å². The van der Waals surface area contributed by atoms with Gasteiger partial charge in [0.15, 0.2) is 41.9 Å². The number of ether oxygens (including phenoxy) is 7. The minimum Gasteiger partial charge on any atom is -0.504 e. The van der Waals surface area contributed by atoms with Crippen LogP contribution in [0.4, 0.5) is 0 Å². The summed E-state index contributed by atoms with van der Waals surface area (Å²) in [7, 11) is 0.